The van der Waals surface area contributed by atoms with Gasteiger partial charge in [0.05, 0.1) is 13.7 Å². The Labute approximate surface area is 57.7 Å². The minimum absolute atomic E-state index is 0.204. The molecule has 0 aliphatic heterocycles. The first-order chi connectivity index (χ1) is 4.88. The largest absolute Gasteiger partial charge is 0.480 e. The molecule has 1 heterocycles. The number of hydrogen-bond acceptors (Lipinski definition) is 5. The lowest BCUT2D eigenvalue weighted by Gasteiger charge is -1.99. The van der Waals surface area contributed by atoms with Gasteiger partial charge in [0.1, 0.15) is 6.33 Å². The first kappa shape index (κ1) is 6.88. The summed E-state index contributed by atoms with van der Waals surface area (Å²) < 4.78 is 4.76. The van der Waals surface area contributed by atoms with Gasteiger partial charge < -0.3 is 9.84 Å². The van der Waals surface area contributed by atoms with Gasteiger partial charge >= 0.3 is 0 Å². The molecule has 0 amide bonds. The number of aliphatic hydroxyl groups is 1. The Morgan fingerprint density at radius 1 is 1.70 bits per heavy atom. The van der Waals surface area contributed by atoms with Gasteiger partial charge in [-0.15, -0.1) is 10.2 Å². The highest BCUT2D eigenvalue weighted by molar-refractivity contribution is 5.13. The summed E-state index contributed by atoms with van der Waals surface area (Å²) in [5, 5.41) is 15.7. The van der Waals surface area contributed by atoms with E-state index in [2.05, 4.69) is 15.2 Å². The van der Waals surface area contributed by atoms with Crippen LogP contribution in [0.5, 0.6) is 5.88 Å². The maximum atomic E-state index is 8.63. The molecule has 5 nitrogen and oxygen atoms in total. The molecule has 0 unspecified atom stereocenters. The molecule has 54 valence electrons. The number of hydrogen-bond donors (Lipinski definition) is 1. The van der Waals surface area contributed by atoms with E-state index in [4.69, 9.17) is 9.84 Å². The van der Waals surface area contributed by atoms with E-state index in [1.807, 2.05) is 0 Å². The predicted octanol–water partition coefficient (Wildman–Crippen LogP) is -0.627. The third-order valence-corrected chi connectivity index (χ3v) is 0.995. The number of aliphatic hydroxyl groups excluding tert-OH is 1. The van der Waals surface area contributed by atoms with Gasteiger partial charge in [0.15, 0.2) is 5.69 Å². The van der Waals surface area contributed by atoms with Crippen molar-refractivity contribution in [1.29, 1.82) is 0 Å². The molecule has 0 atom stereocenters. The SMILES string of the molecule is COc1ncnnc1CO. The second-order valence-electron chi connectivity index (χ2n) is 1.57. The van der Waals surface area contributed by atoms with Crippen molar-refractivity contribution < 1.29 is 9.84 Å². The summed E-state index contributed by atoms with van der Waals surface area (Å²) in [7, 11) is 1.46. The molecule has 0 aliphatic rings. The Bertz CT molecular complexity index is 193. The molecule has 5 heteroatoms. The number of nitrogens with zero attached hydrogens (tertiary/aromatic N) is 3. The Morgan fingerprint density at radius 3 is 3.00 bits per heavy atom. The molecule has 1 aromatic heterocycles. The second kappa shape index (κ2) is 3.07. The lowest BCUT2D eigenvalue weighted by Crippen LogP contribution is -1.99. The molecule has 10 heavy (non-hydrogen) atoms. The zero-order valence-electron chi connectivity index (χ0n) is 5.48. The molecule has 1 N–H and O–H groups in total. The van der Waals surface area contributed by atoms with E-state index >= 15 is 0 Å². The van der Waals surface area contributed by atoms with E-state index < -0.39 is 0 Å². The van der Waals surface area contributed by atoms with Gasteiger partial charge in [0, 0.05) is 0 Å². The maximum Gasteiger partial charge on any atom is 0.241 e. The Hall–Kier alpha value is -1.23. The molecule has 0 fully saturated rings. The maximum absolute atomic E-state index is 8.63. The molecule has 1 rings (SSSR count). The zero-order chi connectivity index (χ0) is 7.40. The van der Waals surface area contributed by atoms with Gasteiger partial charge in [0.25, 0.3) is 0 Å². The quantitative estimate of drug-likeness (QED) is 0.594. The van der Waals surface area contributed by atoms with Crippen LogP contribution >= 0.6 is 0 Å². The lowest BCUT2D eigenvalue weighted by atomic mass is 10.5. The third kappa shape index (κ3) is 1.19. The molecule has 0 bridgehead atoms. The van der Waals surface area contributed by atoms with Crippen LogP contribution in [0.1, 0.15) is 5.69 Å². The fourth-order valence-electron chi connectivity index (χ4n) is 0.561. The highest BCUT2D eigenvalue weighted by atomic mass is 16.5. The van der Waals surface area contributed by atoms with Crippen LogP contribution in [0.15, 0.2) is 6.33 Å². The topological polar surface area (TPSA) is 68.1 Å². The minimum Gasteiger partial charge on any atom is -0.480 e. The van der Waals surface area contributed by atoms with Gasteiger partial charge in [-0.1, -0.05) is 0 Å². The molecule has 0 radical (unpaired) electrons. The summed E-state index contributed by atoms with van der Waals surface area (Å²) >= 11 is 0. The molecular formula is C5H7N3O2. The predicted molar refractivity (Wildman–Crippen MR) is 32.3 cm³/mol. The summed E-state index contributed by atoms with van der Waals surface area (Å²) in [4.78, 5) is 3.71. The molecule has 0 aromatic carbocycles. The Morgan fingerprint density at radius 2 is 2.50 bits per heavy atom. The van der Waals surface area contributed by atoms with Crippen LogP contribution in [0.25, 0.3) is 0 Å². The summed E-state index contributed by atoms with van der Waals surface area (Å²) in [6, 6.07) is 0. The number of rotatable bonds is 2. The standard InChI is InChI=1S/C5H7N3O2/c1-10-5-4(2-9)8-7-3-6-5/h3,9H,2H2,1H3. The van der Waals surface area contributed by atoms with E-state index in [1.165, 1.54) is 13.4 Å². The number of ether oxygens (including phenoxy) is 1. The van der Waals surface area contributed by atoms with Gasteiger partial charge in [-0.05, 0) is 0 Å². The van der Waals surface area contributed by atoms with Crippen molar-refractivity contribution in [2.75, 3.05) is 7.11 Å². The molecular weight excluding hydrogens is 134 g/mol. The van der Waals surface area contributed by atoms with Crippen LogP contribution in [0.4, 0.5) is 0 Å². The van der Waals surface area contributed by atoms with Crippen LogP contribution < -0.4 is 4.74 Å². The third-order valence-electron chi connectivity index (χ3n) is 0.995. The monoisotopic (exact) mass is 141 g/mol. The van der Waals surface area contributed by atoms with Crippen LogP contribution in [-0.4, -0.2) is 27.4 Å². The summed E-state index contributed by atoms with van der Waals surface area (Å²) in [5.74, 6) is 0.317. The van der Waals surface area contributed by atoms with Crippen molar-refractivity contribution in [3.05, 3.63) is 12.0 Å². The molecule has 0 saturated carbocycles. The van der Waals surface area contributed by atoms with E-state index in [1.54, 1.807) is 0 Å². The van der Waals surface area contributed by atoms with Crippen molar-refractivity contribution >= 4 is 0 Å². The summed E-state index contributed by atoms with van der Waals surface area (Å²) in [6.07, 6.45) is 1.26. The smallest absolute Gasteiger partial charge is 0.241 e. The minimum atomic E-state index is -0.204. The summed E-state index contributed by atoms with van der Waals surface area (Å²) in [6.45, 7) is -0.204. The second-order valence-corrected chi connectivity index (χ2v) is 1.57. The molecule has 1 aromatic rings. The Kier molecular flexibility index (Phi) is 2.11. The van der Waals surface area contributed by atoms with Crippen LogP contribution in [0.3, 0.4) is 0 Å². The Balaban J connectivity index is 2.96. The molecule has 0 aliphatic carbocycles. The van der Waals surface area contributed by atoms with Gasteiger partial charge in [-0.3, -0.25) is 0 Å². The van der Waals surface area contributed by atoms with E-state index in [9.17, 15) is 0 Å². The van der Waals surface area contributed by atoms with Crippen molar-refractivity contribution in [2.24, 2.45) is 0 Å². The zero-order valence-corrected chi connectivity index (χ0v) is 5.48. The van der Waals surface area contributed by atoms with Crippen molar-refractivity contribution in [2.45, 2.75) is 6.61 Å². The highest BCUT2D eigenvalue weighted by Crippen LogP contribution is 2.07. The average Bonchev–Trinajstić information content (AvgIpc) is 2.04. The van der Waals surface area contributed by atoms with Gasteiger partial charge in [-0.2, -0.15) is 4.98 Å². The average molecular weight is 141 g/mol. The highest BCUT2D eigenvalue weighted by Gasteiger charge is 2.02. The van der Waals surface area contributed by atoms with Crippen molar-refractivity contribution in [1.82, 2.24) is 15.2 Å². The van der Waals surface area contributed by atoms with Crippen molar-refractivity contribution in [3.63, 3.8) is 0 Å². The van der Waals surface area contributed by atoms with Gasteiger partial charge in [-0.25, -0.2) is 0 Å². The fraction of sp³-hybridized carbons (Fsp3) is 0.400. The van der Waals surface area contributed by atoms with Crippen LogP contribution in [0, 0.1) is 0 Å². The first-order valence-corrected chi connectivity index (χ1v) is 2.70. The van der Waals surface area contributed by atoms with Gasteiger partial charge in [0.2, 0.25) is 5.88 Å². The van der Waals surface area contributed by atoms with Crippen molar-refractivity contribution in [3.8, 4) is 5.88 Å². The lowest BCUT2D eigenvalue weighted by molar-refractivity contribution is 0.263. The normalized spacial score (nSPS) is 9.40. The van der Waals surface area contributed by atoms with Crippen LogP contribution in [0.2, 0.25) is 0 Å². The molecule has 0 spiro atoms. The fourth-order valence-corrected chi connectivity index (χ4v) is 0.561. The number of aromatic nitrogens is 3. The van der Waals surface area contributed by atoms with E-state index in [0.717, 1.165) is 0 Å². The van der Waals surface area contributed by atoms with Crippen LogP contribution in [-0.2, 0) is 6.61 Å². The molecule has 0 saturated heterocycles. The van der Waals surface area contributed by atoms with E-state index in [-0.39, 0.29) is 6.61 Å². The van der Waals surface area contributed by atoms with E-state index in [0.29, 0.717) is 11.6 Å². The first-order valence-electron chi connectivity index (χ1n) is 2.70. The summed E-state index contributed by atoms with van der Waals surface area (Å²) in [5.41, 5.74) is 0.352. The number of methoxy groups -OCH3 is 1.